The Morgan fingerprint density at radius 3 is 2.71 bits per heavy atom. The van der Waals surface area contributed by atoms with Crippen molar-refractivity contribution in [3.05, 3.63) is 0 Å². The molecule has 17 heavy (non-hydrogen) atoms. The Kier molecular flexibility index (Phi) is 4.60. The van der Waals surface area contributed by atoms with Gasteiger partial charge in [-0.15, -0.1) is 0 Å². The highest BCUT2D eigenvalue weighted by Gasteiger charge is 2.52. The minimum Gasteiger partial charge on any atom is -0.462 e. The van der Waals surface area contributed by atoms with Gasteiger partial charge >= 0.3 is 11.9 Å². The van der Waals surface area contributed by atoms with Crippen molar-refractivity contribution in [3.63, 3.8) is 0 Å². The highest BCUT2D eigenvalue weighted by Crippen LogP contribution is 2.38. The highest BCUT2D eigenvalue weighted by atomic mass is 19.3. The molecule has 0 unspecified atom stereocenters. The van der Waals surface area contributed by atoms with E-state index in [1.165, 1.54) is 13.8 Å². The molecular weight excluding hydrogens is 230 g/mol. The zero-order chi connectivity index (χ0) is 13.1. The SMILES string of the molecule is CCOC(=O)C(F)(F)[C@@H]1CCCCC(=O)[C@@H]1C. The van der Waals surface area contributed by atoms with Crippen LogP contribution in [0.3, 0.4) is 0 Å². The number of carbonyl (C=O) groups excluding carboxylic acids is 2. The molecule has 5 heteroatoms. The fraction of sp³-hybridized carbons (Fsp3) is 0.833. The fourth-order valence-corrected chi connectivity index (χ4v) is 2.24. The molecule has 0 aliphatic heterocycles. The zero-order valence-electron chi connectivity index (χ0n) is 10.2. The van der Waals surface area contributed by atoms with E-state index in [0.717, 1.165) is 0 Å². The van der Waals surface area contributed by atoms with E-state index >= 15 is 0 Å². The zero-order valence-corrected chi connectivity index (χ0v) is 10.2. The van der Waals surface area contributed by atoms with Crippen LogP contribution in [-0.2, 0) is 14.3 Å². The molecule has 1 fully saturated rings. The van der Waals surface area contributed by atoms with Crippen molar-refractivity contribution < 1.29 is 23.1 Å². The third kappa shape index (κ3) is 3.01. The second-order valence-corrected chi connectivity index (χ2v) is 4.45. The lowest BCUT2D eigenvalue weighted by molar-refractivity contribution is -0.183. The molecule has 1 saturated carbocycles. The molecule has 0 saturated heterocycles. The van der Waals surface area contributed by atoms with Crippen LogP contribution in [0.2, 0.25) is 0 Å². The van der Waals surface area contributed by atoms with Crippen molar-refractivity contribution in [2.24, 2.45) is 11.8 Å². The maximum Gasteiger partial charge on any atom is 0.377 e. The molecule has 0 radical (unpaired) electrons. The van der Waals surface area contributed by atoms with Gasteiger partial charge in [0.25, 0.3) is 0 Å². The minimum atomic E-state index is -3.56. The summed E-state index contributed by atoms with van der Waals surface area (Å²) < 4.78 is 32.1. The average Bonchev–Trinajstić information content (AvgIpc) is 2.43. The van der Waals surface area contributed by atoms with Gasteiger partial charge in [-0.25, -0.2) is 4.79 Å². The Morgan fingerprint density at radius 1 is 1.47 bits per heavy atom. The van der Waals surface area contributed by atoms with Crippen LogP contribution in [0.4, 0.5) is 8.78 Å². The lowest BCUT2D eigenvalue weighted by Crippen LogP contribution is -2.43. The first kappa shape index (κ1) is 14.1. The van der Waals surface area contributed by atoms with Crippen molar-refractivity contribution in [2.75, 3.05) is 6.61 Å². The summed E-state index contributed by atoms with van der Waals surface area (Å²) in [7, 11) is 0. The van der Waals surface area contributed by atoms with Crippen LogP contribution >= 0.6 is 0 Å². The molecular formula is C12H18F2O3. The van der Waals surface area contributed by atoms with E-state index in [2.05, 4.69) is 4.74 Å². The number of hydrogen-bond donors (Lipinski definition) is 0. The molecule has 0 bridgehead atoms. The Morgan fingerprint density at radius 2 is 2.12 bits per heavy atom. The topological polar surface area (TPSA) is 43.4 Å². The number of ketones is 1. The molecule has 0 aromatic heterocycles. The number of carbonyl (C=O) groups is 2. The molecule has 1 aliphatic rings. The van der Waals surface area contributed by atoms with E-state index in [0.29, 0.717) is 19.3 Å². The van der Waals surface area contributed by atoms with Crippen LogP contribution in [0, 0.1) is 11.8 Å². The molecule has 1 aliphatic carbocycles. The third-order valence-electron chi connectivity index (χ3n) is 3.31. The molecule has 0 aromatic rings. The van der Waals surface area contributed by atoms with Gasteiger partial charge in [0.2, 0.25) is 0 Å². The molecule has 0 N–H and O–H groups in total. The van der Waals surface area contributed by atoms with Crippen molar-refractivity contribution in [2.45, 2.75) is 45.5 Å². The van der Waals surface area contributed by atoms with Gasteiger partial charge in [0.15, 0.2) is 0 Å². The fourth-order valence-electron chi connectivity index (χ4n) is 2.24. The van der Waals surface area contributed by atoms with E-state index in [-0.39, 0.29) is 18.8 Å². The van der Waals surface area contributed by atoms with Crippen LogP contribution in [0.15, 0.2) is 0 Å². The number of rotatable bonds is 3. The van der Waals surface area contributed by atoms with Crippen LogP contribution in [0.1, 0.15) is 39.5 Å². The van der Waals surface area contributed by atoms with E-state index in [9.17, 15) is 18.4 Å². The smallest absolute Gasteiger partial charge is 0.377 e. The number of ether oxygens (including phenoxy) is 1. The number of hydrogen-bond acceptors (Lipinski definition) is 3. The minimum absolute atomic E-state index is 0.0799. The summed E-state index contributed by atoms with van der Waals surface area (Å²) >= 11 is 0. The summed E-state index contributed by atoms with van der Waals surface area (Å²) in [5, 5.41) is 0. The van der Waals surface area contributed by atoms with Gasteiger partial charge in [-0.2, -0.15) is 8.78 Å². The summed E-state index contributed by atoms with van der Waals surface area (Å²) in [6.45, 7) is 2.88. The van der Waals surface area contributed by atoms with Crippen LogP contribution in [0.25, 0.3) is 0 Å². The van der Waals surface area contributed by atoms with Gasteiger partial charge in [0, 0.05) is 18.3 Å². The van der Waals surface area contributed by atoms with Gasteiger partial charge in [-0.05, 0) is 19.8 Å². The maximum atomic E-state index is 13.9. The van der Waals surface area contributed by atoms with Gasteiger partial charge < -0.3 is 4.74 Å². The number of Topliss-reactive ketones (excluding diaryl/α,β-unsaturated/α-hetero) is 1. The first-order valence-corrected chi connectivity index (χ1v) is 5.99. The van der Waals surface area contributed by atoms with Crippen LogP contribution in [-0.4, -0.2) is 24.3 Å². The average molecular weight is 248 g/mol. The third-order valence-corrected chi connectivity index (χ3v) is 3.31. The Bertz CT molecular complexity index is 302. The monoisotopic (exact) mass is 248 g/mol. The molecule has 2 atom stereocenters. The standard InChI is InChI=1S/C12H18F2O3/c1-3-17-11(16)12(13,14)9-6-4-5-7-10(15)8(9)2/h8-9H,3-7H2,1-2H3/t8-,9-/m1/s1. The van der Waals surface area contributed by atoms with Crippen LogP contribution in [0.5, 0.6) is 0 Å². The molecule has 0 heterocycles. The van der Waals surface area contributed by atoms with Gasteiger partial charge in [0.1, 0.15) is 5.78 Å². The van der Waals surface area contributed by atoms with E-state index in [1.54, 1.807) is 0 Å². The second-order valence-electron chi connectivity index (χ2n) is 4.45. The van der Waals surface area contributed by atoms with E-state index < -0.39 is 23.7 Å². The van der Waals surface area contributed by atoms with Gasteiger partial charge in [-0.3, -0.25) is 4.79 Å². The first-order chi connectivity index (χ1) is 7.91. The highest BCUT2D eigenvalue weighted by molar-refractivity contribution is 5.84. The molecule has 98 valence electrons. The molecule has 1 rings (SSSR count). The summed E-state index contributed by atoms with van der Waals surface area (Å²) in [6, 6.07) is 0. The first-order valence-electron chi connectivity index (χ1n) is 5.99. The number of esters is 1. The lowest BCUT2D eigenvalue weighted by Gasteiger charge is -2.27. The molecule has 0 spiro atoms. The van der Waals surface area contributed by atoms with E-state index in [1.807, 2.05) is 0 Å². The summed E-state index contributed by atoms with van der Waals surface area (Å²) in [5.74, 6) is -7.26. The molecule has 0 aromatic carbocycles. The van der Waals surface area contributed by atoms with E-state index in [4.69, 9.17) is 0 Å². The van der Waals surface area contributed by atoms with Crippen LogP contribution < -0.4 is 0 Å². The Hall–Kier alpha value is -1.00. The Balaban J connectivity index is 2.87. The van der Waals surface area contributed by atoms with Crippen molar-refractivity contribution in [1.82, 2.24) is 0 Å². The number of halogens is 2. The maximum absolute atomic E-state index is 13.9. The molecule has 3 nitrogen and oxygen atoms in total. The second kappa shape index (κ2) is 5.56. The van der Waals surface area contributed by atoms with Gasteiger partial charge in [-0.1, -0.05) is 13.3 Å². The normalized spacial score (nSPS) is 26.5. The van der Waals surface area contributed by atoms with Crippen molar-refractivity contribution >= 4 is 11.8 Å². The molecule has 0 amide bonds. The quantitative estimate of drug-likeness (QED) is 0.569. The van der Waals surface area contributed by atoms with Crippen molar-refractivity contribution in [3.8, 4) is 0 Å². The summed E-state index contributed by atoms with van der Waals surface area (Å²) in [4.78, 5) is 22.8. The van der Waals surface area contributed by atoms with Crippen molar-refractivity contribution in [1.29, 1.82) is 0 Å². The summed E-state index contributed by atoms with van der Waals surface area (Å²) in [5.41, 5.74) is 0. The summed E-state index contributed by atoms with van der Waals surface area (Å²) in [6.07, 6.45) is 1.70. The predicted octanol–water partition coefficient (Wildman–Crippen LogP) is 2.58. The lowest BCUT2D eigenvalue weighted by atomic mass is 9.83. The largest absolute Gasteiger partial charge is 0.462 e. The Labute approximate surface area is 99.5 Å². The number of alkyl halides is 2. The predicted molar refractivity (Wildman–Crippen MR) is 57.7 cm³/mol. The van der Waals surface area contributed by atoms with Gasteiger partial charge in [0.05, 0.1) is 6.61 Å².